The highest BCUT2D eigenvalue weighted by Gasteiger charge is 2.14. The molecule has 0 aliphatic heterocycles. The fraction of sp³-hybridized carbons (Fsp3) is 0.0476. The molecule has 3 rings (SSSR count). The molecule has 0 spiro atoms. The molecular formula is C21H19N3O2. The number of nitrogens with zero attached hydrogens (tertiary/aromatic N) is 1. The molecule has 0 heterocycles. The SMILES string of the molecule is CN(C(=O)c1ccccc1)c1cccc(Nc2ccccc2C(N)=O)c1. The lowest BCUT2D eigenvalue weighted by atomic mass is 10.1. The Balaban J connectivity index is 1.85. The summed E-state index contributed by atoms with van der Waals surface area (Å²) >= 11 is 0. The number of hydrogen-bond donors (Lipinski definition) is 2. The van der Waals surface area contributed by atoms with Crippen molar-refractivity contribution in [1.82, 2.24) is 0 Å². The van der Waals surface area contributed by atoms with Gasteiger partial charge in [0.1, 0.15) is 0 Å². The Kier molecular flexibility index (Phi) is 4.99. The van der Waals surface area contributed by atoms with Crippen molar-refractivity contribution in [2.75, 3.05) is 17.3 Å². The van der Waals surface area contributed by atoms with Gasteiger partial charge in [0, 0.05) is 24.0 Å². The summed E-state index contributed by atoms with van der Waals surface area (Å²) < 4.78 is 0. The van der Waals surface area contributed by atoms with Crippen LogP contribution in [0.25, 0.3) is 0 Å². The second-order valence-electron chi connectivity index (χ2n) is 5.82. The van der Waals surface area contributed by atoms with E-state index in [-0.39, 0.29) is 5.91 Å². The highest BCUT2D eigenvalue weighted by molar-refractivity contribution is 6.06. The van der Waals surface area contributed by atoms with E-state index in [2.05, 4.69) is 5.32 Å². The molecule has 3 N–H and O–H groups in total. The number of nitrogens with two attached hydrogens (primary N) is 1. The fourth-order valence-corrected chi connectivity index (χ4v) is 2.65. The Bertz CT molecular complexity index is 939. The van der Waals surface area contributed by atoms with Crippen molar-refractivity contribution in [3.05, 3.63) is 90.0 Å². The van der Waals surface area contributed by atoms with Crippen LogP contribution in [0.2, 0.25) is 0 Å². The molecule has 0 aromatic heterocycles. The summed E-state index contributed by atoms with van der Waals surface area (Å²) in [5.41, 5.74) is 8.56. The number of anilines is 3. The lowest BCUT2D eigenvalue weighted by Gasteiger charge is -2.19. The van der Waals surface area contributed by atoms with Crippen molar-refractivity contribution < 1.29 is 9.59 Å². The van der Waals surface area contributed by atoms with Gasteiger partial charge >= 0.3 is 0 Å². The van der Waals surface area contributed by atoms with Crippen LogP contribution in [-0.4, -0.2) is 18.9 Å². The van der Waals surface area contributed by atoms with Crippen molar-refractivity contribution in [1.29, 1.82) is 0 Å². The number of nitrogens with one attached hydrogen (secondary N) is 1. The van der Waals surface area contributed by atoms with Gasteiger partial charge in [-0.1, -0.05) is 36.4 Å². The van der Waals surface area contributed by atoms with Crippen LogP contribution in [0.3, 0.4) is 0 Å². The van der Waals surface area contributed by atoms with Gasteiger partial charge in [-0.25, -0.2) is 0 Å². The van der Waals surface area contributed by atoms with E-state index in [1.54, 1.807) is 42.3 Å². The van der Waals surface area contributed by atoms with Crippen LogP contribution in [0.15, 0.2) is 78.9 Å². The molecule has 2 amide bonds. The molecule has 0 aliphatic carbocycles. The van der Waals surface area contributed by atoms with Crippen LogP contribution in [0.4, 0.5) is 17.1 Å². The molecule has 0 saturated carbocycles. The maximum absolute atomic E-state index is 12.6. The average molecular weight is 345 g/mol. The van der Waals surface area contributed by atoms with Crippen LogP contribution < -0.4 is 16.0 Å². The lowest BCUT2D eigenvalue weighted by Crippen LogP contribution is -2.26. The number of amides is 2. The average Bonchev–Trinajstić information content (AvgIpc) is 2.68. The predicted molar refractivity (Wildman–Crippen MR) is 104 cm³/mol. The number of carbonyl (C=O) groups is 2. The highest BCUT2D eigenvalue weighted by atomic mass is 16.2. The lowest BCUT2D eigenvalue weighted by molar-refractivity contribution is 0.0988. The largest absolute Gasteiger partial charge is 0.366 e. The Labute approximate surface area is 152 Å². The predicted octanol–water partition coefficient (Wildman–Crippen LogP) is 3.81. The second kappa shape index (κ2) is 7.53. The van der Waals surface area contributed by atoms with Gasteiger partial charge in [0.25, 0.3) is 11.8 Å². The number of carbonyl (C=O) groups excluding carboxylic acids is 2. The molecule has 5 heteroatoms. The molecule has 0 bridgehead atoms. The summed E-state index contributed by atoms with van der Waals surface area (Å²) in [6, 6.07) is 23.5. The van der Waals surface area contributed by atoms with Crippen LogP contribution in [-0.2, 0) is 0 Å². The van der Waals surface area contributed by atoms with Crippen LogP contribution in [0.5, 0.6) is 0 Å². The minimum absolute atomic E-state index is 0.0970. The standard InChI is InChI=1S/C21H19N3O2/c1-24(21(26)15-8-3-2-4-9-15)17-11-7-10-16(14-17)23-19-13-6-5-12-18(19)20(22)25/h2-14,23H,1H3,(H2,22,25). The molecule has 3 aromatic rings. The molecular weight excluding hydrogens is 326 g/mol. The van der Waals surface area contributed by atoms with E-state index in [4.69, 9.17) is 5.73 Å². The Hall–Kier alpha value is -3.60. The van der Waals surface area contributed by atoms with Gasteiger partial charge in [0.05, 0.1) is 11.3 Å². The molecule has 0 fully saturated rings. The van der Waals surface area contributed by atoms with Crippen molar-refractivity contribution in [3.8, 4) is 0 Å². The van der Waals surface area contributed by atoms with Gasteiger partial charge < -0.3 is 16.0 Å². The van der Waals surface area contributed by atoms with E-state index in [9.17, 15) is 9.59 Å². The quantitative estimate of drug-likeness (QED) is 0.738. The van der Waals surface area contributed by atoms with Crippen molar-refractivity contribution in [2.45, 2.75) is 0 Å². The summed E-state index contributed by atoms with van der Waals surface area (Å²) in [5, 5.41) is 3.19. The van der Waals surface area contributed by atoms with E-state index < -0.39 is 5.91 Å². The third-order valence-corrected chi connectivity index (χ3v) is 4.03. The zero-order chi connectivity index (χ0) is 18.5. The van der Waals surface area contributed by atoms with Crippen molar-refractivity contribution in [2.24, 2.45) is 5.73 Å². The van der Waals surface area contributed by atoms with Gasteiger partial charge in [0.15, 0.2) is 0 Å². The number of para-hydroxylation sites is 1. The molecule has 0 radical (unpaired) electrons. The third kappa shape index (κ3) is 3.72. The van der Waals surface area contributed by atoms with E-state index in [1.165, 1.54) is 0 Å². The molecule has 0 unspecified atom stereocenters. The Morgan fingerprint density at radius 1 is 0.885 bits per heavy atom. The van der Waals surface area contributed by atoms with Gasteiger partial charge in [-0.2, -0.15) is 0 Å². The molecule has 130 valence electrons. The van der Waals surface area contributed by atoms with Gasteiger partial charge in [-0.05, 0) is 42.5 Å². The van der Waals surface area contributed by atoms with Crippen LogP contribution >= 0.6 is 0 Å². The summed E-state index contributed by atoms with van der Waals surface area (Å²) in [6.07, 6.45) is 0. The van der Waals surface area contributed by atoms with Crippen LogP contribution in [0.1, 0.15) is 20.7 Å². The first kappa shape index (κ1) is 17.2. The summed E-state index contributed by atoms with van der Waals surface area (Å²) in [5.74, 6) is -0.596. The maximum Gasteiger partial charge on any atom is 0.258 e. The second-order valence-corrected chi connectivity index (χ2v) is 5.82. The Morgan fingerprint density at radius 2 is 1.58 bits per heavy atom. The van der Waals surface area contributed by atoms with Crippen LogP contribution in [0, 0.1) is 0 Å². The molecule has 5 nitrogen and oxygen atoms in total. The van der Waals surface area contributed by atoms with Crippen molar-refractivity contribution >= 4 is 28.9 Å². The summed E-state index contributed by atoms with van der Waals surface area (Å²) in [4.78, 5) is 25.7. The molecule has 0 aliphatic rings. The Morgan fingerprint density at radius 3 is 2.31 bits per heavy atom. The normalized spacial score (nSPS) is 10.2. The highest BCUT2D eigenvalue weighted by Crippen LogP contribution is 2.25. The first-order valence-corrected chi connectivity index (χ1v) is 8.15. The number of primary amides is 1. The number of rotatable bonds is 5. The van der Waals surface area contributed by atoms with Gasteiger partial charge in [0.2, 0.25) is 0 Å². The minimum Gasteiger partial charge on any atom is -0.366 e. The zero-order valence-corrected chi connectivity index (χ0v) is 14.3. The first-order chi connectivity index (χ1) is 12.6. The monoisotopic (exact) mass is 345 g/mol. The third-order valence-electron chi connectivity index (χ3n) is 4.03. The maximum atomic E-state index is 12.6. The minimum atomic E-state index is -0.499. The van der Waals surface area contributed by atoms with Gasteiger partial charge in [-0.15, -0.1) is 0 Å². The molecule has 3 aromatic carbocycles. The summed E-state index contributed by atoms with van der Waals surface area (Å²) in [7, 11) is 1.73. The molecule has 0 atom stereocenters. The number of benzene rings is 3. The zero-order valence-electron chi connectivity index (χ0n) is 14.3. The fourth-order valence-electron chi connectivity index (χ4n) is 2.65. The molecule has 26 heavy (non-hydrogen) atoms. The first-order valence-electron chi connectivity index (χ1n) is 8.15. The van der Waals surface area contributed by atoms with E-state index >= 15 is 0 Å². The van der Waals surface area contributed by atoms with E-state index in [1.807, 2.05) is 48.5 Å². The van der Waals surface area contributed by atoms with Crippen molar-refractivity contribution in [3.63, 3.8) is 0 Å². The van der Waals surface area contributed by atoms with Gasteiger partial charge in [-0.3, -0.25) is 9.59 Å². The molecule has 0 saturated heterocycles. The smallest absolute Gasteiger partial charge is 0.258 e. The van der Waals surface area contributed by atoms with E-state index in [0.717, 1.165) is 11.4 Å². The van der Waals surface area contributed by atoms with E-state index in [0.29, 0.717) is 16.8 Å². The topological polar surface area (TPSA) is 75.4 Å². The summed E-state index contributed by atoms with van der Waals surface area (Å²) in [6.45, 7) is 0. The number of hydrogen-bond acceptors (Lipinski definition) is 3.